The molecule has 0 aromatic heterocycles. The van der Waals surface area contributed by atoms with Gasteiger partial charge in [-0.2, -0.15) is 0 Å². The Morgan fingerprint density at radius 3 is 2.73 bits per heavy atom. The number of para-hydroxylation sites is 1. The van der Waals surface area contributed by atoms with Crippen molar-refractivity contribution in [2.24, 2.45) is 0 Å². The van der Waals surface area contributed by atoms with Gasteiger partial charge in [0.1, 0.15) is 0 Å². The van der Waals surface area contributed by atoms with E-state index in [9.17, 15) is 14.7 Å². The van der Waals surface area contributed by atoms with Crippen LogP contribution in [0.5, 0.6) is 11.5 Å². The number of Topliss-reactive ketones (excluding diaryl/α,β-unsaturated/α-hetero) is 1. The molecule has 172 valence electrons. The average Bonchev–Trinajstić information content (AvgIpc) is 2.77. The van der Waals surface area contributed by atoms with E-state index in [-0.39, 0.29) is 17.4 Å². The highest BCUT2D eigenvalue weighted by Gasteiger charge is 2.39. The van der Waals surface area contributed by atoms with Gasteiger partial charge >= 0.3 is 0 Å². The number of carbonyl (C=O) groups is 2. The lowest BCUT2D eigenvalue weighted by atomic mass is 9.75. The van der Waals surface area contributed by atoms with Gasteiger partial charge in [0.15, 0.2) is 17.3 Å². The molecule has 2 aromatic rings. The maximum Gasteiger partial charge on any atom is 0.254 e. The maximum absolute atomic E-state index is 13.6. The van der Waals surface area contributed by atoms with Crippen molar-refractivity contribution in [2.45, 2.75) is 46.0 Å². The van der Waals surface area contributed by atoms with Crippen LogP contribution in [0.1, 0.15) is 50.2 Å². The third-order valence-corrected chi connectivity index (χ3v) is 6.70. The molecule has 2 aliphatic rings. The number of phenols is 1. The molecule has 3 N–H and O–H groups in total. The number of aryl methyl sites for hydroxylation is 1. The Kier molecular flexibility index (Phi) is 6.61. The topological polar surface area (TPSA) is 87.7 Å². The van der Waals surface area contributed by atoms with Crippen molar-refractivity contribution >= 4 is 33.3 Å². The summed E-state index contributed by atoms with van der Waals surface area (Å²) in [6.07, 6.45) is 1.97. The predicted molar refractivity (Wildman–Crippen MR) is 131 cm³/mol. The summed E-state index contributed by atoms with van der Waals surface area (Å²) in [5.74, 6) is -0.516. The van der Waals surface area contributed by atoms with Crippen molar-refractivity contribution in [1.82, 2.24) is 5.32 Å². The summed E-state index contributed by atoms with van der Waals surface area (Å²) >= 11 is 3.41. The van der Waals surface area contributed by atoms with Crippen LogP contribution in [0.2, 0.25) is 0 Å². The van der Waals surface area contributed by atoms with Crippen molar-refractivity contribution in [3.63, 3.8) is 0 Å². The molecule has 1 aliphatic heterocycles. The van der Waals surface area contributed by atoms with Crippen molar-refractivity contribution < 1.29 is 19.4 Å². The largest absolute Gasteiger partial charge is 0.503 e. The van der Waals surface area contributed by atoms with E-state index in [0.29, 0.717) is 45.7 Å². The SMILES string of the molecule is CCOc1cc([C@@H]2C(C(=O)Nc3ccccc3C)=C(C)NC3=C2C(=O)CCC3)cc(Br)c1O. The zero-order chi connectivity index (χ0) is 23.7. The predicted octanol–water partition coefficient (Wildman–Crippen LogP) is 5.47. The molecule has 0 radical (unpaired) electrons. The number of hydrogen-bond donors (Lipinski definition) is 3. The lowest BCUT2D eigenvalue weighted by Crippen LogP contribution is -2.35. The number of hydrogen-bond acceptors (Lipinski definition) is 5. The molecule has 0 unspecified atom stereocenters. The van der Waals surface area contributed by atoms with Gasteiger partial charge in [-0.25, -0.2) is 0 Å². The molecule has 1 atom stereocenters. The zero-order valence-electron chi connectivity index (χ0n) is 18.9. The molecule has 1 amide bonds. The molecule has 4 rings (SSSR count). The van der Waals surface area contributed by atoms with Gasteiger partial charge in [0.2, 0.25) is 0 Å². The molecule has 0 saturated heterocycles. The average molecular weight is 511 g/mol. The lowest BCUT2D eigenvalue weighted by molar-refractivity contribution is -0.116. The Labute approximate surface area is 201 Å². The van der Waals surface area contributed by atoms with Crippen LogP contribution in [0.4, 0.5) is 5.69 Å². The Hall–Kier alpha value is -3.06. The van der Waals surface area contributed by atoms with Gasteiger partial charge in [-0.05, 0) is 78.9 Å². The number of aromatic hydroxyl groups is 1. The van der Waals surface area contributed by atoms with E-state index in [2.05, 4.69) is 26.6 Å². The third-order valence-electron chi connectivity index (χ3n) is 6.10. The van der Waals surface area contributed by atoms with Crippen LogP contribution in [0.3, 0.4) is 0 Å². The molecule has 7 heteroatoms. The number of allylic oxidation sites excluding steroid dienone is 3. The summed E-state index contributed by atoms with van der Waals surface area (Å²) in [6, 6.07) is 11.1. The highest BCUT2D eigenvalue weighted by molar-refractivity contribution is 9.10. The quantitative estimate of drug-likeness (QED) is 0.496. The molecule has 1 aliphatic carbocycles. The van der Waals surface area contributed by atoms with E-state index in [1.807, 2.05) is 45.0 Å². The molecular formula is C26H27BrN2O4. The fraction of sp³-hybridized carbons (Fsp3) is 0.308. The number of nitrogens with one attached hydrogen (secondary N) is 2. The lowest BCUT2D eigenvalue weighted by Gasteiger charge is -2.35. The normalized spacial score (nSPS) is 18.1. The van der Waals surface area contributed by atoms with Crippen LogP contribution in [0.25, 0.3) is 0 Å². The van der Waals surface area contributed by atoms with E-state index < -0.39 is 5.92 Å². The van der Waals surface area contributed by atoms with E-state index >= 15 is 0 Å². The Bertz CT molecular complexity index is 1200. The first-order chi connectivity index (χ1) is 15.8. The number of carbonyl (C=O) groups excluding carboxylic acids is 2. The van der Waals surface area contributed by atoms with Crippen molar-refractivity contribution in [1.29, 1.82) is 0 Å². The van der Waals surface area contributed by atoms with Crippen molar-refractivity contribution in [3.8, 4) is 11.5 Å². The number of dihydropyridines is 1. The van der Waals surface area contributed by atoms with E-state index in [1.54, 1.807) is 12.1 Å². The summed E-state index contributed by atoms with van der Waals surface area (Å²) in [7, 11) is 0. The standard InChI is InChI=1S/C26H27BrN2O4/c1-4-33-21-13-16(12-17(27)25(21)31)23-22(26(32)29-18-9-6-5-8-14(18)2)15(3)28-19-10-7-11-20(30)24(19)23/h5-6,8-9,12-13,23,28,31H,4,7,10-11H2,1-3H3,(H,29,32)/t23-/m1/s1. The van der Waals surface area contributed by atoms with E-state index in [0.717, 1.165) is 29.8 Å². The third kappa shape index (κ3) is 4.42. The number of ether oxygens (including phenoxy) is 1. The van der Waals surface area contributed by atoms with Gasteiger partial charge in [-0.3, -0.25) is 9.59 Å². The van der Waals surface area contributed by atoms with Gasteiger partial charge < -0.3 is 20.5 Å². The maximum atomic E-state index is 13.6. The number of halogens is 1. The van der Waals surface area contributed by atoms with Crippen LogP contribution in [0.15, 0.2) is 63.4 Å². The second kappa shape index (κ2) is 9.43. The number of benzene rings is 2. The summed E-state index contributed by atoms with van der Waals surface area (Å²) in [6.45, 7) is 6.00. The van der Waals surface area contributed by atoms with Gasteiger partial charge in [-0.15, -0.1) is 0 Å². The second-order valence-electron chi connectivity index (χ2n) is 8.32. The van der Waals surface area contributed by atoms with Gasteiger partial charge in [0.25, 0.3) is 5.91 Å². The van der Waals surface area contributed by atoms with E-state index in [4.69, 9.17) is 4.74 Å². The van der Waals surface area contributed by atoms with Gasteiger partial charge in [-0.1, -0.05) is 18.2 Å². The van der Waals surface area contributed by atoms with Crippen LogP contribution in [-0.4, -0.2) is 23.4 Å². The minimum Gasteiger partial charge on any atom is -0.503 e. The summed E-state index contributed by atoms with van der Waals surface area (Å²) in [4.78, 5) is 26.7. The van der Waals surface area contributed by atoms with Crippen molar-refractivity contribution in [2.75, 3.05) is 11.9 Å². The van der Waals surface area contributed by atoms with Gasteiger partial charge in [0, 0.05) is 40.6 Å². The van der Waals surface area contributed by atoms with Crippen LogP contribution < -0.4 is 15.4 Å². The number of rotatable bonds is 5. The smallest absolute Gasteiger partial charge is 0.254 e. The molecule has 6 nitrogen and oxygen atoms in total. The minimum absolute atomic E-state index is 0.00896. The first kappa shape index (κ1) is 23.1. The molecular weight excluding hydrogens is 484 g/mol. The number of anilines is 1. The Balaban J connectivity index is 1.86. The monoisotopic (exact) mass is 510 g/mol. The number of phenolic OH excluding ortho intramolecular Hbond substituents is 1. The molecule has 2 aromatic carbocycles. The highest BCUT2D eigenvalue weighted by atomic mass is 79.9. The first-order valence-electron chi connectivity index (χ1n) is 11.1. The second-order valence-corrected chi connectivity index (χ2v) is 9.17. The highest BCUT2D eigenvalue weighted by Crippen LogP contribution is 2.46. The number of ketones is 1. The van der Waals surface area contributed by atoms with Crippen molar-refractivity contribution in [3.05, 3.63) is 74.5 Å². The first-order valence-corrected chi connectivity index (χ1v) is 11.9. The van der Waals surface area contributed by atoms with Crippen LogP contribution in [-0.2, 0) is 9.59 Å². The summed E-state index contributed by atoms with van der Waals surface area (Å²) in [5, 5.41) is 16.8. The fourth-order valence-corrected chi connectivity index (χ4v) is 5.01. The molecule has 0 fully saturated rings. The van der Waals surface area contributed by atoms with E-state index in [1.165, 1.54) is 0 Å². The molecule has 33 heavy (non-hydrogen) atoms. The Morgan fingerprint density at radius 1 is 1.24 bits per heavy atom. The van der Waals surface area contributed by atoms with Crippen LogP contribution >= 0.6 is 15.9 Å². The zero-order valence-corrected chi connectivity index (χ0v) is 20.5. The minimum atomic E-state index is -0.575. The Morgan fingerprint density at radius 2 is 2.00 bits per heavy atom. The summed E-state index contributed by atoms with van der Waals surface area (Å²) in [5.41, 5.74) is 5.04. The van der Waals surface area contributed by atoms with Crippen LogP contribution in [0, 0.1) is 6.92 Å². The molecule has 0 spiro atoms. The summed E-state index contributed by atoms with van der Waals surface area (Å²) < 4.78 is 6.08. The molecule has 0 saturated carbocycles. The molecule has 0 bridgehead atoms. The van der Waals surface area contributed by atoms with Gasteiger partial charge in [0.05, 0.1) is 11.1 Å². The molecule has 1 heterocycles. The number of amides is 1. The fourth-order valence-electron chi connectivity index (χ4n) is 4.55.